The van der Waals surface area contributed by atoms with Crippen molar-refractivity contribution < 1.29 is 19.1 Å². The molecule has 7 nitrogen and oxygen atoms in total. The lowest BCUT2D eigenvalue weighted by Gasteiger charge is -1.89. The van der Waals surface area contributed by atoms with Gasteiger partial charge in [-0.2, -0.15) is 0 Å². The summed E-state index contributed by atoms with van der Waals surface area (Å²) in [5.74, 6) is -2.20. The lowest BCUT2D eigenvalue weighted by atomic mass is 10.6. The quantitative estimate of drug-likeness (QED) is 0.401. The fourth-order valence-corrected chi connectivity index (χ4v) is 0.142. The van der Waals surface area contributed by atoms with Crippen molar-refractivity contribution in [3.63, 3.8) is 0 Å². The number of rotatable bonds is 1. The Morgan fingerprint density at radius 1 is 1.08 bits per heavy atom. The van der Waals surface area contributed by atoms with E-state index in [2.05, 4.69) is 21.9 Å². The minimum absolute atomic E-state index is 0.356. The summed E-state index contributed by atoms with van der Waals surface area (Å²) in [6.45, 7) is 2.06. The van der Waals surface area contributed by atoms with Crippen molar-refractivity contribution in [2.45, 2.75) is 6.92 Å². The van der Waals surface area contributed by atoms with Crippen molar-refractivity contribution in [1.29, 1.82) is 0 Å². The highest BCUT2D eigenvalue weighted by atomic mass is 16.5. The maximum absolute atomic E-state index is 9.60. The molecule has 0 unspecified atom stereocenters. The van der Waals surface area contributed by atoms with Gasteiger partial charge in [-0.05, 0) is 6.92 Å². The number of hydrogen-bond donors (Lipinski definition) is 3. The molecule has 0 heterocycles. The molecule has 0 aliphatic heterocycles. The molecule has 6 N–H and O–H groups in total. The molecule has 0 fully saturated rings. The molecule has 70 valence electrons. The Balaban J connectivity index is 0. The predicted octanol–water partition coefficient (Wildman–Crippen LogP) is -1.94. The summed E-state index contributed by atoms with van der Waals surface area (Å²) < 4.78 is 4.18. The molecule has 3 amide bonds. The van der Waals surface area contributed by atoms with Crippen LogP contribution < -0.4 is 17.2 Å². The second-order valence-electron chi connectivity index (χ2n) is 1.48. The van der Waals surface area contributed by atoms with Gasteiger partial charge in [0.05, 0.1) is 6.61 Å². The second-order valence-corrected chi connectivity index (χ2v) is 1.48. The zero-order valence-corrected chi connectivity index (χ0v) is 6.57. The Morgan fingerprint density at radius 3 is 1.42 bits per heavy atom. The van der Waals surface area contributed by atoms with Crippen LogP contribution in [0.3, 0.4) is 0 Å². The third kappa shape index (κ3) is 15.7. The third-order valence-electron chi connectivity index (χ3n) is 0.529. The molecule has 0 aromatic carbocycles. The summed E-state index contributed by atoms with van der Waals surface area (Å²) in [7, 11) is 0. The van der Waals surface area contributed by atoms with Gasteiger partial charge >= 0.3 is 17.9 Å². The van der Waals surface area contributed by atoms with Crippen molar-refractivity contribution in [2.75, 3.05) is 6.61 Å². The smallest absolute Gasteiger partial charge is 0.404 e. The average molecular weight is 177 g/mol. The van der Waals surface area contributed by atoms with Gasteiger partial charge < -0.3 is 21.9 Å². The predicted molar refractivity (Wildman–Crippen MR) is 39.6 cm³/mol. The van der Waals surface area contributed by atoms with E-state index < -0.39 is 17.9 Å². The first-order chi connectivity index (χ1) is 5.41. The van der Waals surface area contributed by atoms with E-state index in [1.165, 1.54) is 0 Å². The maximum Gasteiger partial charge on any atom is 0.404 e. The van der Waals surface area contributed by atoms with Gasteiger partial charge in [0.2, 0.25) is 0 Å². The molecule has 0 rings (SSSR count). The van der Waals surface area contributed by atoms with Crippen LogP contribution in [0.1, 0.15) is 6.92 Å². The summed E-state index contributed by atoms with van der Waals surface area (Å²) in [5.41, 5.74) is 13.2. The molecule has 0 saturated heterocycles. The van der Waals surface area contributed by atoms with Gasteiger partial charge in [0, 0.05) is 0 Å². The first kappa shape index (κ1) is 12.8. The Bertz CT molecular complexity index is 168. The van der Waals surface area contributed by atoms with E-state index in [-0.39, 0.29) is 0 Å². The summed E-state index contributed by atoms with van der Waals surface area (Å²) >= 11 is 0. The van der Waals surface area contributed by atoms with Crippen LogP contribution in [-0.2, 0) is 14.3 Å². The molecule has 7 heteroatoms. The van der Waals surface area contributed by atoms with Gasteiger partial charge in [-0.3, -0.25) is 9.59 Å². The SMILES string of the molecule is CCOC(N)=O.NC(=O)C(N)=O. The summed E-state index contributed by atoms with van der Waals surface area (Å²) in [6, 6.07) is 0. The molecule has 12 heavy (non-hydrogen) atoms. The van der Waals surface area contributed by atoms with Gasteiger partial charge in [-0.25, -0.2) is 4.79 Å². The van der Waals surface area contributed by atoms with E-state index >= 15 is 0 Å². The van der Waals surface area contributed by atoms with Crippen molar-refractivity contribution in [2.24, 2.45) is 17.2 Å². The third-order valence-corrected chi connectivity index (χ3v) is 0.529. The Morgan fingerprint density at radius 2 is 1.42 bits per heavy atom. The van der Waals surface area contributed by atoms with Crippen molar-refractivity contribution in [3.05, 3.63) is 0 Å². The maximum atomic E-state index is 9.60. The summed E-state index contributed by atoms with van der Waals surface area (Å²) in [6.07, 6.45) is -0.711. The van der Waals surface area contributed by atoms with Gasteiger partial charge in [-0.15, -0.1) is 0 Å². The normalized spacial score (nSPS) is 7.42. The molecule has 0 aliphatic rings. The standard InChI is InChI=1S/C3H7NO2.C2H4N2O2/c1-2-6-3(4)5;3-1(5)2(4)6/h2H2,1H3,(H2,4,5);(H2,3,5)(H2,4,6). The van der Waals surface area contributed by atoms with Gasteiger partial charge in [0.15, 0.2) is 0 Å². The number of hydrogen-bond acceptors (Lipinski definition) is 4. The number of nitrogens with two attached hydrogens (primary N) is 3. The van der Waals surface area contributed by atoms with Gasteiger partial charge in [0.1, 0.15) is 0 Å². The zero-order valence-electron chi connectivity index (χ0n) is 6.57. The van der Waals surface area contributed by atoms with E-state index in [0.717, 1.165) is 0 Å². The molecule has 0 saturated carbocycles. The van der Waals surface area contributed by atoms with Crippen LogP contribution in [0.5, 0.6) is 0 Å². The van der Waals surface area contributed by atoms with E-state index in [9.17, 15) is 14.4 Å². The van der Waals surface area contributed by atoms with Crippen LogP contribution >= 0.6 is 0 Å². The molecule has 0 aliphatic carbocycles. The number of primary amides is 3. The Hall–Kier alpha value is -1.79. The van der Waals surface area contributed by atoms with Crippen molar-refractivity contribution in [3.8, 4) is 0 Å². The van der Waals surface area contributed by atoms with Crippen LogP contribution in [0.2, 0.25) is 0 Å². The van der Waals surface area contributed by atoms with Crippen molar-refractivity contribution >= 4 is 17.9 Å². The summed E-state index contributed by atoms with van der Waals surface area (Å²) in [4.78, 5) is 28.5. The Labute approximate surface area is 68.8 Å². The van der Waals surface area contributed by atoms with E-state index in [1.807, 2.05) is 0 Å². The molecular formula is C5H11N3O4. The highest BCUT2D eigenvalue weighted by Gasteiger charge is 1.96. The van der Waals surface area contributed by atoms with Crippen LogP contribution in [0.25, 0.3) is 0 Å². The Kier molecular flexibility index (Phi) is 7.84. The molecule has 0 radical (unpaired) electrons. The fraction of sp³-hybridized carbons (Fsp3) is 0.400. The number of carbonyl (C=O) groups excluding carboxylic acids is 3. The monoisotopic (exact) mass is 177 g/mol. The number of carbonyl (C=O) groups is 3. The van der Waals surface area contributed by atoms with E-state index in [1.54, 1.807) is 6.92 Å². The second kappa shape index (κ2) is 7.32. The highest BCUT2D eigenvalue weighted by molar-refractivity contribution is 6.33. The molecule has 0 bridgehead atoms. The largest absolute Gasteiger partial charge is 0.450 e. The van der Waals surface area contributed by atoms with Gasteiger partial charge in [-0.1, -0.05) is 0 Å². The number of ether oxygens (including phenoxy) is 1. The molecule has 0 atom stereocenters. The first-order valence-electron chi connectivity index (χ1n) is 2.93. The summed E-state index contributed by atoms with van der Waals surface area (Å²) in [5, 5.41) is 0. The van der Waals surface area contributed by atoms with Crippen LogP contribution in [-0.4, -0.2) is 24.5 Å². The molecule has 0 aromatic rings. The molecule has 0 aromatic heterocycles. The topological polar surface area (TPSA) is 138 Å². The first-order valence-corrected chi connectivity index (χ1v) is 2.93. The average Bonchev–Trinajstić information content (AvgIpc) is 1.87. The minimum Gasteiger partial charge on any atom is -0.450 e. The van der Waals surface area contributed by atoms with Crippen molar-refractivity contribution in [1.82, 2.24) is 0 Å². The van der Waals surface area contributed by atoms with Crippen LogP contribution in [0.15, 0.2) is 0 Å². The van der Waals surface area contributed by atoms with Gasteiger partial charge in [0.25, 0.3) is 0 Å². The fourth-order valence-electron chi connectivity index (χ4n) is 0.142. The number of amides is 3. The van der Waals surface area contributed by atoms with Crippen LogP contribution in [0.4, 0.5) is 4.79 Å². The van der Waals surface area contributed by atoms with Crippen LogP contribution in [0, 0.1) is 0 Å². The highest BCUT2D eigenvalue weighted by Crippen LogP contribution is 1.66. The van der Waals surface area contributed by atoms with E-state index in [0.29, 0.717) is 6.61 Å². The lowest BCUT2D eigenvalue weighted by molar-refractivity contribution is -0.135. The zero-order chi connectivity index (χ0) is 10.1. The molecule has 0 spiro atoms. The van der Waals surface area contributed by atoms with E-state index in [4.69, 9.17) is 0 Å². The lowest BCUT2D eigenvalue weighted by Crippen LogP contribution is -2.29. The molecular weight excluding hydrogens is 166 g/mol. The minimum atomic E-state index is -1.10.